The summed E-state index contributed by atoms with van der Waals surface area (Å²) in [5.74, 6) is 0.897. The summed E-state index contributed by atoms with van der Waals surface area (Å²) in [4.78, 5) is 27.9. The van der Waals surface area contributed by atoms with E-state index in [2.05, 4.69) is 13.0 Å². The Bertz CT molecular complexity index is 1380. The minimum Gasteiger partial charge on any atom is -0.488 e. The Labute approximate surface area is 218 Å². The van der Waals surface area contributed by atoms with E-state index in [0.717, 1.165) is 47.8 Å². The highest BCUT2D eigenvalue weighted by Gasteiger charge is 2.43. The predicted molar refractivity (Wildman–Crippen MR) is 144 cm³/mol. The van der Waals surface area contributed by atoms with Crippen molar-refractivity contribution in [3.05, 3.63) is 74.6 Å². The van der Waals surface area contributed by atoms with Gasteiger partial charge in [0.25, 0.3) is 0 Å². The average Bonchev–Trinajstić information content (AvgIpc) is 2.88. The first-order chi connectivity index (χ1) is 17.8. The SMILES string of the molecule is Cc1ccccc1COc1ccc2c(C)c(CCC(=O)N3CC[C@@]4(O)CCCC[C@@H]4C3)c(=O)oc2c1C. The first kappa shape index (κ1) is 25.5. The van der Waals surface area contributed by atoms with Crippen molar-refractivity contribution in [1.29, 1.82) is 0 Å². The summed E-state index contributed by atoms with van der Waals surface area (Å²) in [7, 11) is 0. The maximum atomic E-state index is 13.0. The molecule has 37 heavy (non-hydrogen) atoms. The van der Waals surface area contributed by atoms with Gasteiger partial charge in [0.2, 0.25) is 5.91 Å². The molecule has 0 unspecified atom stereocenters. The number of carbonyl (C=O) groups is 1. The molecule has 1 aromatic heterocycles. The molecule has 6 nitrogen and oxygen atoms in total. The van der Waals surface area contributed by atoms with Crippen molar-refractivity contribution >= 4 is 16.9 Å². The molecule has 1 amide bonds. The van der Waals surface area contributed by atoms with E-state index >= 15 is 0 Å². The molecular weight excluding hydrogens is 466 g/mol. The molecule has 6 heteroatoms. The van der Waals surface area contributed by atoms with Crippen molar-refractivity contribution < 1.29 is 19.1 Å². The zero-order valence-electron chi connectivity index (χ0n) is 22.1. The van der Waals surface area contributed by atoms with Crippen LogP contribution in [0.25, 0.3) is 11.0 Å². The molecule has 2 aromatic carbocycles. The second-order valence-corrected chi connectivity index (χ2v) is 10.9. The van der Waals surface area contributed by atoms with E-state index in [0.29, 0.717) is 49.4 Å². The molecule has 2 heterocycles. The van der Waals surface area contributed by atoms with Gasteiger partial charge < -0.3 is 19.2 Å². The summed E-state index contributed by atoms with van der Waals surface area (Å²) in [5.41, 5.74) is 4.02. The van der Waals surface area contributed by atoms with Crippen molar-refractivity contribution in [3.8, 4) is 5.75 Å². The Morgan fingerprint density at radius 3 is 2.73 bits per heavy atom. The molecule has 0 spiro atoms. The van der Waals surface area contributed by atoms with Gasteiger partial charge in [-0.05, 0) is 75.3 Å². The number of ether oxygens (including phenoxy) is 1. The lowest BCUT2D eigenvalue weighted by molar-refractivity contribution is -0.143. The number of fused-ring (bicyclic) bond motifs is 2. The Morgan fingerprint density at radius 2 is 1.92 bits per heavy atom. The van der Waals surface area contributed by atoms with Crippen LogP contribution in [0.2, 0.25) is 0 Å². The molecule has 2 atom stereocenters. The monoisotopic (exact) mass is 503 g/mol. The Morgan fingerprint density at radius 1 is 1.11 bits per heavy atom. The lowest BCUT2D eigenvalue weighted by atomic mass is 9.71. The lowest BCUT2D eigenvalue weighted by Crippen LogP contribution is -2.54. The van der Waals surface area contributed by atoms with E-state index in [4.69, 9.17) is 9.15 Å². The van der Waals surface area contributed by atoms with E-state index in [1.807, 2.05) is 49.1 Å². The third kappa shape index (κ3) is 5.04. The second kappa shape index (κ2) is 10.3. The summed E-state index contributed by atoms with van der Waals surface area (Å²) < 4.78 is 11.9. The first-order valence-electron chi connectivity index (χ1n) is 13.5. The molecule has 2 fully saturated rings. The average molecular weight is 504 g/mol. The van der Waals surface area contributed by atoms with Crippen LogP contribution in [0.1, 0.15) is 66.3 Å². The maximum Gasteiger partial charge on any atom is 0.339 e. The fourth-order valence-electron chi connectivity index (χ4n) is 6.13. The molecule has 196 valence electrons. The van der Waals surface area contributed by atoms with Crippen LogP contribution in [-0.2, 0) is 17.8 Å². The Balaban J connectivity index is 1.29. The molecule has 2 aliphatic rings. The van der Waals surface area contributed by atoms with E-state index in [1.54, 1.807) is 0 Å². The van der Waals surface area contributed by atoms with Gasteiger partial charge in [0.15, 0.2) is 0 Å². The Kier molecular flexibility index (Phi) is 7.13. The number of nitrogens with zero attached hydrogens (tertiary/aromatic N) is 1. The summed E-state index contributed by atoms with van der Waals surface area (Å²) in [6.07, 6.45) is 5.26. The van der Waals surface area contributed by atoms with E-state index < -0.39 is 11.2 Å². The number of aliphatic hydroxyl groups is 1. The molecule has 3 aromatic rings. The smallest absolute Gasteiger partial charge is 0.339 e. The van der Waals surface area contributed by atoms with Crippen LogP contribution in [0.3, 0.4) is 0 Å². The second-order valence-electron chi connectivity index (χ2n) is 10.9. The quantitative estimate of drug-likeness (QED) is 0.457. The fourth-order valence-corrected chi connectivity index (χ4v) is 6.13. The van der Waals surface area contributed by atoms with Gasteiger partial charge in [-0.2, -0.15) is 0 Å². The topological polar surface area (TPSA) is 80.0 Å². The van der Waals surface area contributed by atoms with Crippen molar-refractivity contribution in [1.82, 2.24) is 4.90 Å². The predicted octanol–water partition coefficient (Wildman–Crippen LogP) is 5.38. The zero-order chi connectivity index (χ0) is 26.2. The molecule has 5 rings (SSSR count). The minimum absolute atomic E-state index is 0.0441. The number of amides is 1. The van der Waals surface area contributed by atoms with Crippen molar-refractivity contribution in [2.45, 2.75) is 77.9 Å². The zero-order valence-corrected chi connectivity index (χ0v) is 22.1. The highest BCUT2D eigenvalue weighted by atomic mass is 16.5. The molecular formula is C31H37NO5. The van der Waals surface area contributed by atoms with Gasteiger partial charge in [-0.3, -0.25) is 4.79 Å². The molecule has 1 aliphatic heterocycles. The normalized spacial score (nSPS) is 21.6. The number of piperidine rings is 1. The van der Waals surface area contributed by atoms with E-state index in [9.17, 15) is 14.7 Å². The highest BCUT2D eigenvalue weighted by molar-refractivity contribution is 5.86. The van der Waals surface area contributed by atoms with Gasteiger partial charge in [0, 0.05) is 41.9 Å². The summed E-state index contributed by atoms with van der Waals surface area (Å²) in [6.45, 7) is 7.53. The molecule has 0 bridgehead atoms. The number of aryl methyl sites for hydroxylation is 3. The van der Waals surface area contributed by atoms with Crippen molar-refractivity contribution in [3.63, 3.8) is 0 Å². The molecule has 1 N–H and O–H groups in total. The number of benzene rings is 2. The van der Waals surface area contributed by atoms with E-state index in [-0.39, 0.29) is 18.2 Å². The summed E-state index contributed by atoms with van der Waals surface area (Å²) in [6, 6.07) is 12.0. The molecule has 1 aliphatic carbocycles. The number of likely N-dealkylation sites (tertiary alicyclic amines) is 1. The molecule has 1 saturated carbocycles. The number of hydrogen-bond acceptors (Lipinski definition) is 5. The van der Waals surface area contributed by atoms with Crippen LogP contribution in [0, 0.1) is 26.7 Å². The van der Waals surface area contributed by atoms with Gasteiger partial charge in [-0.15, -0.1) is 0 Å². The van der Waals surface area contributed by atoms with Crippen molar-refractivity contribution in [2.75, 3.05) is 13.1 Å². The Hall–Kier alpha value is -3.12. The van der Waals surface area contributed by atoms with Gasteiger partial charge in [-0.25, -0.2) is 4.79 Å². The van der Waals surface area contributed by atoms with E-state index in [1.165, 1.54) is 5.56 Å². The van der Waals surface area contributed by atoms with Crippen LogP contribution in [-0.4, -0.2) is 34.6 Å². The molecule has 1 saturated heterocycles. The van der Waals surface area contributed by atoms with Crippen LogP contribution in [0.5, 0.6) is 5.75 Å². The van der Waals surface area contributed by atoms with Crippen molar-refractivity contribution in [2.24, 2.45) is 5.92 Å². The lowest BCUT2D eigenvalue weighted by Gasteiger charge is -2.47. The third-order valence-corrected chi connectivity index (χ3v) is 8.67. The van der Waals surface area contributed by atoms with Crippen LogP contribution >= 0.6 is 0 Å². The highest BCUT2D eigenvalue weighted by Crippen LogP contribution is 2.40. The number of hydrogen-bond donors (Lipinski definition) is 1. The van der Waals surface area contributed by atoms with Crippen LogP contribution in [0.15, 0.2) is 45.6 Å². The first-order valence-corrected chi connectivity index (χ1v) is 13.5. The minimum atomic E-state index is -0.606. The van der Waals surface area contributed by atoms with Crippen LogP contribution < -0.4 is 10.4 Å². The van der Waals surface area contributed by atoms with Crippen LogP contribution in [0.4, 0.5) is 0 Å². The number of rotatable bonds is 6. The van der Waals surface area contributed by atoms with Gasteiger partial charge in [0.05, 0.1) is 5.60 Å². The molecule has 0 radical (unpaired) electrons. The largest absolute Gasteiger partial charge is 0.488 e. The summed E-state index contributed by atoms with van der Waals surface area (Å²) in [5, 5.41) is 11.8. The number of carbonyl (C=O) groups excluding carboxylic acids is 1. The van der Waals surface area contributed by atoms with Gasteiger partial charge in [-0.1, -0.05) is 37.1 Å². The third-order valence-electron chi connectivity index (χ3n) is 8.67. The standard InChI is InChI=1S/C31H37NO5/c1-20-8-4-5-9-23(20)19-36-27-13-11-25-21(2)26(30(34)37-29(25)22(27)3)12-14-28(33)32-17-16-31(35)15-7-6-10-24(31)18-32/h4-5,8-9,11,13,24,35H,6-7,10,12,14-19H2,1-3H3/t24-,31+/m1/s1. The van der Waals surface area contributed by atoms with Gasteiger partial charge in [0.1, 0.15) is 17.9 Å². The fraction of sp³-hybridized carbons (Fsp3) is 0.484. The maximum absolute atomic E-state index is 13.0. The van der Waals surface area contributed by atoms with Gasteiger partial charge >= 0.3 is 5.63 Å². The summed E-state index contributed by atoms with van der Waals surface area (Å²) >= 11 is 0.